The van der Waals surface area contributed by atoms with Crippen molar-refractivity contribution in [3.8, 4) is 0 Å². The van der Waals surface area contributed by atoms with E-state index in [9.17, 15) is 9.59 Å². The monoisotopic (exact) mass is 374 g/mol. The summed E-state index contributed by atoms with van der Waals surface area (Å²) in [6, 6.07) is 3.68. The van der Waals surface area contributed by atoms with E-state index in [4.69, 9.17) is 9.15 Å². The fraction of sp³-hybridized carbons (Fsp3) is 0.619. The molecule has 1 aromatic rings. The Bertz CT molecular complexity index is 616. The number of hydrogen-bond donors (Lipinski definition) is 0. The van der Waals surface area contributed by atoms with Gasteiger partial charge in [-0.1, -0.05) is 18.9 Å². The molecule has 1 atom stereocenters. The van der Waals surface area contributed by atoms with Crippen molar-refractivity contribution in [2.45, 2.75) is 51.2 Å². The number of hydrogen-bond acceptors (Lipinski definition) is 4. The van der Waals surface area contributed by atoms with Crippen LogP contribution in [0.15, 0.2) is 35.5 Å². The average Bonchev–Trinajstić information content (AvgIpc) is 3.42. The molecule has 2 aliphatic rings. The first kappa shape index (κ1) is 19.7. The normalized spacial score (nSPS) is 19.9. The van der Waals surface area contributed by atoms with Crippen molar-refractivity contribution in [3.63, 3.8) is 0 Å². The van der Waals surface area contributed by atoms with E-state index in [-0.39, 0.29) is 30.4 Å². The largest absolute Gasteiger partial charge is 0.467 e. The van der Waals surface area contributed by atoms with E-state index in [1.165, 1.54) is 0 Å². The van der Waals surface area contributed by atoms with Crippen molar-refractivity contribution >= 4 is 11.8 Å². The second-order valence-corrected chi connectivity index (χ2v) is 7.48. The summed E-state index contributed by atoms with van der Waals surface area (Å²) in [5.41, 5.74) is 0. The molecule has 1 saturated carbocycles. The van der Waals surface area contributed by atoms with Crippen LogP contribution in [0.5, 0.6) is 0 Å². The van der Waals surface area contributed by atoms with Crippen molar-refractivity contribution in [1.29, 1.82) is 0 Å². The molecule has 0 radical (unpaired) electrons. The Hall–Kier alpha value is -2.08. The van der Waals surface area contributed by atoms with Crippen LogP contribution in [0.2, 0.25) is 0 Å². The number of ether oxygens (including phenoxy) is 1. The second-order valence-electron chi connectivity index (χ2n) is 7.48. The summed E-state index contributed by atoms with van der Waals surface area (Å²) in [5.74, 6) is 0.791. The Morgan fingerprint density at radius 3 is 2.63 bits per heavy atom. The molecule has 1 unspecified atom stereocenters. The van der Waals surface area contributed by atoms with Crippen LogP contribution >= 0.6 is 0 Å². The summed E-state index contributed by atoms with van der Waals surface area (Å²) in [6.45, 7) is 5.90. The minimum atomic E-state index is -0.0740. The summed E-state index contributed by atoms with van der Waals surface area (Å²) < 4.78 is 11.1. The summed E-state index contributed by atoms with van der Waals surface area (Å²) in [5, 5.41) is 0. The van der Waals surface area contributed by atoms with Crippen LogP contribution in [-0.4, -0.2) is 54.0 Å². The minimum absolute atomic E-state index is 0.0504. The molecular formula is C21H30N2O4. The quantitative estimate of drug-likeness (QED) is 0.624. The van der Waals surface area contributed by atoms with E-state index < -0.39 is 0 Å². The van der Waals surface area contributed by atoms with Gasteiger partial charge in [0.25, 0.3) is 0 Å². The summed E-state index contributed by atoms with van der Waals surface area (Å²) in [4.78, 5) is 29.3. The zero-order valence-electron chi connectivity index (χ0n) is 16.0. The van der Waals surface area contributed by atoms with Gasteiger partial charge < -0.3 is 19.0 Å². The SMILES string of the molecule is C=CCN(CC(=O)N(Cc1ccco1)CC1CCCO1)C(=O)C1CCCC1. The molecule has 1 saturated heterocycles. The number of carbonyl (C=O) groups is 2. The molecule has 27 heavy (non-hydrogen) atoms. The van der Waals surface area contributed by atoms with Gasteiger partial charge in [-0.25, -0.2) is 0 Å². The highest BCUT2D eigenvalue weighted by atomic mass is 16.5. The van der Waals surface area contributed by atoms with Crippen molar-refractivity contribution in [2.24, 2.45) is 5.92 Å². The van der Waals surface area contributed by atoms with Gasteiger partial charge in [-0.2, -0.15) is 0 Å². The lowest BCUT2D eigenvalue weighted by Crippen LogP contribution is -2.46. The molecule has 6 nitrogen and oxygen atoms in total. The molecule has 3 rings (SSSR count). The summed E-state index contributed by atoms with van der Waals surface area (Å²) in [7, 11) is 0. The van der Waals surface area contributed by atoms with E-state index >= 15 is 0 Å². The summed E-state index contributed by atoms with van der Waals surface area (Å²) >= 11 is 0. The van der Waals surface area contributed by atoms with E-state index in [1.54, 1.807) is 22.1 Å². The fourth-order valence-corrected chi connectivity index (χ4v) is 3.96. The van der Waals surface area contributed by atoms with E-state index in [0.29, 0.717) is 19.6 Å². The zero-order chi connectivity index (χ0) is 19.1. The number of carbonyl (C=O) groups excluding carboxylic acids is 2. The van der Waals surface area contributed by atoms with Gasteiger partial charge in [0.15, 0.2) is 0 Å². The highest BCUT2D eigenvalue weighted by molar-refractivity contribution is 5.86. The number of rotatable bonds is 9. The minimum Gasteiger partial charge on any atom is -0.467 e. The third kappa shape index (κ3) is 5.45. The Labute approximate surface area is 161 Å². The first-order valence-electron chi connectivity index (χ1n) is 9.99. The first-order valence-corrected chi connectivity index (χ1v) is 9.99. The van der Waals surface area contributed by atoms with E-state index in [0.717, 1.165) is 50.9 Å². The molecule has 148 valence electrons. The fourth-order valence-electron chi connectivity index (χ4n) is 3.96. The lowest BCUT2D eigenvalue weighted by atomic mass is 10.1. The van der Waals surface area contributed by atoms with Crippen LogP contribution in [0.3, 0.4) is 0 Å². The Kier molecular flexibility index (Phi) is 7.10. The third-order valence-corrected chi connectivity index (χ3v) is 5.42. The van der Waals surface area contributed by atoms with Crippen LogP contribution in [0.25, 0.3) is 0 Å². The molecule has 2 fully saturated rings. The molecule has 1 aliphatic carbocycles. The Balaban J connectivity index is 1.66. The predicted octanol–water partition coefficient (Wildman–Crippen LogP) is 2.99. The average molecular weight is 374 g/mol. The molecule has 1 aromatic heterocycles. The van der Waals surface area contributed by atoms with Crippen LogP contribution < -0.4 is 0 Å². The second kappa shape index (κ2) is 9.74. The van der Waals surface area contributed by atoms with Gasteiger partial charge in [-0.15, -0.1) is 6.58 Å². The molecule has 1 aliphatic heterocycles. The van der Waals surface area contributed by atoms with E-state index in [2.05, 4.69) is 6.58 Å². The lowest BCUT2D eigenvalue weighted by Gasteiger charge is -2.29. The van der Waals surface area contributed by atoms with Gasteiger partial charge in [0.2, 0.25) is 11.8 Å². The maximum atomic E-state index is 13.1. The van der Waals surface area contributed by atoms with Crippen molar-refractivity contribution in [3.05, 3.63) is 36.8 Å². The van der Waals surface area contributed by atoms with Crippen LogP contribution in [0.1, 0.15) is 44.3 Å². The maximum absolute atomic E-state index is 13.1. The van der Waals surface area contributed by atoms with Crippen molar-refractivity contribution < 1.29 is 18.7 Å². The lowest BCUT2D eigenvalue weighted by molar-refractivity contribution is -0.143. The number of nitrogens with zero attached hydrogens (tertiary/aromatic N) is 2. The maximum Gasteiger partial charge on any atom is 0.242 e. The molecule has 6 heteroatoms. The van der Waals surface area contributed by atoms with Gasteiger partial charge in [0, 0.05) is 25.6 Å². The van der Waals surface area contributed by atoms with Crippen molar-refractivity contribution in [2.75, 3.05) is 26.2 Å². The summed E-state index contributed by atoms with van der Waals surface area (Å²) in [6.07, 6.45) is 9.37. The van der Waals surface area contributed by atoms with Gasteiger partial charge in [-0.05, 0) is 37.8 Å². The highest BCUT2D eigenvalue weighted by Gasteiger charge is 2.30. The van der Waals surface area contributed by atoms with Crippen LogP contribution in [0.4, 0.5) is 0 Å². The molecule has 0 bridgehead atoms. The van der Waals surface area contributed by atoms with Crippen LogP contribution in [0, 0.1) is 5.92 Å². The van der Waals surface area contributed by atoms with Gasteiger partial charge in [0.1, 0.15) is 12.3 Å². The van der Waals surface area contributed by atoms with Crippen molar-refractivity contribution in [1.82, 2.24) is 9.80 Å². The highest BCUT2D eigenvalue weighted by Crippen LogP contribution is 2.26. The molecule has 2 amide bonds. The number of amides is 2. The standard InChI is InChI=1S/C21H30N2O4/c1-2-11-22(21(25)17-7-3-4-8-17)16-20(24)23(14-18-9-5-12-26-18)15-19-10-6-13-27-19/h2,5,9,12,17,19H,1,3-4,6-8,10-11,13-16H2. The molecule has 0 aromatic carbocycles. The molecule has 0 spiro atoms. The molecule has 2 heterocycles. The molecule has 0 N–H and O–H groups in total. The number of furan rings is 1. The van der Waals surface area contributed by atoms with Crippen LogP contribution in [-0.2, 0) is 20.9 Å². The first-order chi connectivity index (χ1) is 13.2. The molecular weight excluding hydrogens is 344 g/mol. The van der Waals surface area contributed by atoms with Gasteiger partial charge in [-0.3, -0.25) is 9.59 Å². The van der Waals surface area contributed by atoms with Gasteiger partial charge in [0.05, 0.1) is 18.9 Å². The van der Waals surface area contributed by atoms with E-state index in [1.807, 2.05) is 12.1 Å². The zero-order valence-corrected chi connectivity index (χ0v) is 16.0. The van der Waals surface area contributed by atoms with Gasteiger partial charge >= 0.3 is 0 Å². The third-order valence-electron chi connectivity index (χ3n) is 5.42. The Morgan fingerprint density at radius 2 is 2.00 bits per heavy atom. The topological polar surface area (TPSA) is 63.0 Å². The smallest absolute Gasteiger partial charge is 0.242 e. The predicted molar refractivity (Wildman–Crippen MR) is 102 cm³/mol. The Morgan fingerprint density at radius 1 is 1.19 bits per heavy atom.